The smallest absolute Gasteiger partial charge is 0.346 e. The third-order valence-corrected chi connectivity index (χ3v) is 6.67. The van der Waals surface area contributed by atoms with Gasteiger partial charge in [0.15, 0.2) is 0 Å². The normalized spacial score (nSPS) is 12.1. The fourth-order valence-electron chi connectivity index (χ4n) is 3.48. The quantitative estimate of drug-likeness (QED) is 0.347. The topological polar surface area (TPSA) is 105 Å². The number of pyridine rings is 2. The maximum atomic E-state index is 13.4. The Hall–Kier alpha value is -3.44. The van der Waals surface area contributed by atoms with Crippen LogP contribution >= 0.6 is 11.6 Å². The molecule has 0 radical (unpaired) electrons. The number of benzene rings is 1. The minimum Gasteiger partial charge on any atom is -0.346 e. The number of hydrogen-bond acceptors (Lipinski definition) is 5. The Morgan fingerprint density at radius 1 is 1.15 bits per heavy atom. The van der Waals surface area contributed by atoms with Crippen LogP contribution in [0.3, 0.4) is 0 Å². The van der Waals surface area contributed by atoms with Gasteiger partial charge in [-0.25, -0.2) is 18.4 Å². The van der Waals surface area contributed by atoms with Gasteiger partial charge in [0.2, 0.25) is 5.78 Å². The van der Waals surface area contributed by atoms with Gasteiger partial charge in [0, 0.05) is 29.5 Å². The van der Waals surface area contributed by atoms with Crippen molar-refractivity contribution in [2.45, 2.75) is 24.4 Å². The van der Waals surface area contributed by atoms with E-state index in [0.29, 0.717) is 17.1 Å². The first-order valence-corrected chi connectivity index (χ1v) is 11.7. The van der Waals surface area contributed by atoms with Crippen LogP contribution in [-0.4, -0.2) is 29.2 Å². The summed E-state index contributed by atoms with van der Waals surface area (Å²) in [5, 5.41) is 0.510. The van der Waals surface area contributed by atoms with E-state index in [1.54, 1.807) is 12.3 Å². The lowest BCUT2D eigenvalue weighted by molar-refractivity contribution is -0.138. The van der Waals surface area contributed by atoms with E-state index in [2.05, 4.69) is 19.7 Å². The van der Waals surface area contributed by atoms with Crippen LogP contribution in [0.2, 0.25) is 5.02 Å². The Morgan fingerprint density at radius 2 is 1.91 bits per heavy atom. The summed E-state index contributed by atoms with van der Waals surface area (Å²) in [6.07, 6.45) is -0.511. The van der Waals surface area contributed by atoms with Crippen LogP contribution in [0.4, 0.5) is 18.9 Å². The number of carbonyl (C=O) groups excluding carboxylic acids is 1. The number of aromatic nitrogens is 3. The first-order chi connectivity index (χ1) is 16.0. The third-order valence-electron chi connectivity index (χ3n) is 5.10. The van der Waals surface area contributed by atoms with Crippen molar-refractivity contribution < 1.29 is 26.4 Å². The molecule has 0 bridgehead atoms. The molecule has 0 fully saturated rings. The molecule has 0 spiro atoms. The van der Waals surface area contributed by atoms with Gasteiger partial charge in [-0.1, -0.05) is 24.6 Å². The monoisotopic (exact) mass is 508 g/mol. The number of aromatic amines is 1. The number of carbonyl (C=O) groups is 1. The second kappa shape index (κ2) is 8.73. The Kier molecular flexibility index (Phi) is 6.09. The van der Waals surface area contributed by atoms with Crippen molar-refractivity contribution in [1.82, 2.24) is 15.0 Å². The predicted molar refractivity (Wildman–Crippen MR) is 120 cm³/mol. The molecule has 2 N–H and O–H groups in total. The molecule has 0 aliphatic carbocycles. The summed E-state index contributed by atoms with van der Waals surface area (Å²) in [4.78, 5) is 23.6. The number of aryl methyl sites for hydroxylation is 1. The van der Waals surface area contributed by atoms with Crippen LogP contribution in [0.15, 0.2) is 59.9 Å². The second-order valence-corrected chi connectivity index (χ2v) is 9.37. The lowest BCUT2D eigenvalue weighted by atomic mass is 10.0. The maximum Gasteiger partial charge on any atom is 0.416 e. The number of nitrogens with zero attached hydrogens (tertiary/aromatic N) is 2. The molecule has 3 aromatic heterocycles. The highest BCUT2D eigenvalue weighted by atomic mass is 35.5. The van der Waals surface area contributed by atoms with Gasteiger partial charge in [-0.2, -0.15) is 13.2 Å². The van der Waals surface area contributed by atoms with Crippen molar-refractivity contribution in [3.63, 3.8) is 0 Å². The zero-order valence-corrected chi connectivity index (χ0v) is 19.0. The van der Waals surface area contributed by atoms with Crippen molar-refractivity contribution >= 4 is 44.1 Å². The zero-order chi connectivity index (χ0) is 24.7. The SMILES string of the molecule is CCc1ccc(S(=O)(=O)Nc2cc(Cl)cnc2C(=O)c2ccnc3[nH]ccc23)cc1C(F)(F)F. The lowest BCUT2D eigenvalue weighted by Crippen LogP contribution is -2.18. The molecule has 0 atom stereocenters. The third kappa shape index (κ3) is 4.48. The maximum absolute atomic E-state index is 13.4. The molecule has 0 saturated heterocycles. The van der Waals surface area contributed by atoms with Crippen molar-refractivity contribution in [3.05, 3.63) is 82.4 Å². The largest absolute Gasteiger partial charge is 0.416 e. The molecular weight excluding hydrogens is 493 g/mol. The number of H-pyrrole nitrogens is 1. The molecule has 0 aliphatic rings. The van der Waals surface area contributed by atoms with E-state index >= 15 is 0 Å². The van der Waals surface area contributed by atoms with Gasteiger partial charge < -0.3 is 4.98 Å². The number of fused-ring (bicyclic) bond motifs is 1. The van der Waals surface area contributed by atoms with Gasteiger partial charge in [-0.15, -0.1) is 0 Å². The van der Waals surface area contributed by atoms with Crippen LogP contribution in [0.5, 0.6) is 0 Å². The van der Waals surface area contributed by atoms with E-state index in [1.165, 1.54) is 31.5 Å². The number of sulfonamides is 1. The lowest BCUT2D eigenvalue weighted by Gasteiger charge is -2.15. The first-order valence-electron chi connectivity index (χ1n) is 9.86. The molecule has 0 amide bonds. The molecule has 176 valence electrons. The van der Waals surface area contributed by atoms with Gasteiger partial charge in [0.05, 0.1) is 21.2 Å². The zero-order valence-electron chi connectivity index (χ0n) is 17.4. The Balaban J connectivity index is 1.77. The number of nitrogens with one attached hydrogen (secondary N) is 2. The molecule has 7 nitrogen and oxygen atoms in total. The van der Waals surface area contributed by atoms with Crippen LogP contribution in [0, 0.1) is 0 Å². The highest BCUT2D eigenvalue weighted by Gasteiger charge is 2.34. The number of rotatable bonds is 6. The number of ketones is 1. The van der Waals surface area contributed by atoms with Crippen LogP contribution in [-0.2, 0) is 22.6 Å². The Bertz CT molecular complexity index is 1520. The van der Waals surface area contributed by atoms with E-state index in [9.17, 15) is 26.4 Å². The molecule has 4 rings (SSSR count). The number of alkyl halides is 3. The molecule has 3 heterocycles. The van der Waals surface area contributed by atoms with Gasteiger partial charge in [-0.05, 0) is 42.3 Å². The summed E-state index contributed by atoms with van der Waals surface area (Å²) in [5.41, 5.74) is -0.996. The standard InChI is InChI=1S/C22H16ClF3N4O3S/c1-2-12-3-4-14(10-17(12)22(24,25)26)34(32,33)30-18-9-13(23)11-29-19(18)20(31)15-5-7-27-21-16(15)6-8-28-21/h3-11,30H,2H2,1H3,(H,27,28). The number of hydrogen-bond donors (Lipinski definition) is 2. The van der Waals surface area contributed by atoms with Gasteiger partial charge in [0.25, 0.3) is 10.0 Å². The summed E-state index contributed by atoms with van der Waals surface area (Å²) < 4.78 is 68.5. The highest BCUT2D eigenvalue weighted by molar-refractivity contribution is 7.92. The molecular formula is C22H16ClF3N4O3S. The van der Waals surface area contributed by atoms with E-state index in [0.717, 1.165) is 12.1 Å². The van der Waals surface area contributed by atoms with Crippen LogP contribution < -0.4 is 4.72 Å². The molecule has 0 unspecified atom stereocenters. The van der Waals surface area contributed by atoms with Crippen LogP contribution in [0.1, 0.15) is 34.1 Å². The Labute approximate surface area is 197 Å². The van der Waals surface area contributed by atoms with E-state index in [-0.39, 0.29) is 34.0 Å². The van der Waals surface area contributed by atoms with E-state index < -0.39 is 32.4 Å². The molecule has 4 aromatic rings. The summed E-state index contributed by atoms with van der Waals surface area (Å²) in [6, 6.07) is 6.99. The van der Waals surface area contributed by atoms with Crippen molar-refractivity contribution in [2.24, 2.45) is 0 Å². The Morgan fingerprint density at radius 3 is 2.62 bits per heavy atom. The summed E-state index contributed by atoms with van der Waals surface area (Å²) in [5.74, 6) is -0.626. The average molecular weight is 509 g/mol. The predicted octanol–water partition coefficient (Wildman–Crippen LogP) is 5.22. The fraction of sp³-hybridized carbons (Fsp3) is 0.136. The minimum absolute atomic E-state index is 0.0214. The molecule has 0 saturated carbocycles. The number of anilines is 1. The molecule has 34 heavy (non-hydrogen) atoms. The highest BCUT2D eigenvalue weighted by Crippen LogP contribution is 2.34. The van der Waals surface area contributed by atoms with Gasteiger partial charge >= 0.3 is 6.18 Å². The summed E-state index contributed by atoms with van der Waals surface area (Å²) >= 11 is 5.97. The van der Waals surface area contributed by atoms with Gasteiger partial charge in [0.1, 0.15) is 11.3 Å². The second-order valence-electron chi connectivity index (χ2n) is 7.25. The van der Waals surface area contributed by atoms with Crippen LogP contribution in [0.25, 0.3) is 11.0 Å². The first kappa shape index (κ1) is 23.7. The molecule has 12 heteroatoms. The van der Waals surface area contributed by atoms with Crippen molar-refractivity contribution in [1.29, 1.82) is 0 Å². The summed E-state index contributed by atoms with van der Waals surface area (Å²) in [6.45, 7) is 1.53. The molecule has 1 aromatic carbocycles. The fourth-order valence-corrected chi connectivity index (χ4v) is 4.72. The van der Waals surface area contributed by atoms with Crippen molar-refractivity contribution in [3.8, 4) is 0 Å². The van der Waals surface area contributed by atoms with E-state index in [1.807, 2.05) is 0 Å². The van der Waals surface area contributed by atoms with E-state index in [4.69, 9.17) is 11.6 Å². The van der Waals surface area contributed by atoms with Crippen molar-refractivity contribution in [2.75, 3.05) is 4.72 Å². The average Bonchev–Trinajstić information content (AvgIpc) is 3.26. The molecule has 0 aliphatic heterocycles. The number of halogens is 4. The van der Waals surface area contributed by atoms with Gasteiger partial charge in [-0.3, -0.25) is 9.52 Å². The minimum atomic E-state index is -4.74. The summed E-state index contributed by atoms with van der Waals surface area (Å²) in [7, 11) is -4.53.